The van der Waals surface area contributed by atoms with Gasteiger partial charge in [-0.15, -0.1) is 0 Å². The summed E-state index contributed by atoms with van der Waals surface area (Å²) in [5.74, 6) is 0.639. The van der Waals surface area contributed by atoms with E-state index in [-0.39, 0.29) is 199 Å². The maximum absolute atomic E-state index is 14.3. The van der Waals surface area contributed by atoms with Crippen LogP contribution >= 0.6 is 0 Å². The number of nitrogens with zero attached hydrogens (tertiary/aromatic N) is 4. The average molecular weight is 1460 g/mol. The third kappa shape index (κ3) is 22.6. The first-order chi connectivity index (χ1) is 41.2. The molecule has 23 heteroatoms. The summed E-state index contributed by atoms with van der Waals surface area (Å²) in [6.07, 6.45) is -0.611. The van der Waals surface area contributed by atoms with Crippen LogP contribution < -0.4 is 176 Å². The Bertz CT molecular complexity index is 2960. The van der Waals surface area contributed by atoms with Crippen LogP contribution in [0.1, 0.15) is 62.8 Å². The van der Waals surface area contributed by atoms with Gasteiger partial charge in [-0.05, 0) is 129 Å². The molecule has 4 atom stereocenters. The van der Waals surface area contributed by atoms with Crippen molar-refractivity contribution in [1.29, 1.82) is 0 Å². The van der Waals surface area contributed by atoms with Crippen LogP contribution in [0.4, 0.5) is 23.2 Å². The van der Waals surface area contributed by atoms with E-state index in [0.717, 1.165) is 33.8 Å². The second-order valence-electron chi connectivity index (χ2n) is 20.7. The second kappa shape index (κ2) is 37.2. The molecule has 0 radical (unpaired) electrons. The number of hydrogen-bond donors (Lipinski definition) is 0. The molecular formula is C65H74Cs2F2N4O15. The molecule has 0 spiro atoms. The maximum Gasteiger partial charge on any atom is 1.00 e. The second-order valence-corrected chi connectivity index (χ2v) is 20.7. The van der Waals surface area contributed by atoms with Crippen LogP contribution in [0.3, 0.4) is 0 Å². The summed E-state index contributed by atoms with van der Waals surface area (Å²) < 4.78 is 73.1. The van der Waals surface area contributed by atoms with Crippen LogP contribution in [0, 0.1) is 11.6 Å². The van der Waals surface area contributed by atoms with Gasteiger partial charge in [0.15, 0.2) is 23.1 Å². The molecule has 0 saturated carbocycles. The molecular weight excluding hydrogens is 1380 g/mol. The van der Waals surface area contributed by atoms with Gasteiger partial charge < -0.3 is 72.5 Å². The van der Waals surface area contributed by atoms with Gasteiger partial charge in [0, 0.05) is 66.0 Å². The number of esters is 2. The number of halogens is 2. The number of urea groups is 2. The minimum atomic E-state index is -2.33. The van der Waals surface area contributed by atoms with Crippen LogP contribution in [-0.4, -0.2) is 141 Å². The molecule has 88 heavy (non-hydrogen) atoms. The van der Waals surface area contributed by atoms with E-state index in [2.05, 4.69) is 0 Å². The predicted octanol–water partition coefficient (Wildman–Crippen LogP) is 2.53. The molecule has 6 aromatic carbocycles. The van der Waals surface area contributed by atoms with Crippen LogP contribution in [0.5, 0.6) is 34.5 Å². The molecule has 2 aliphatic heterocycles. The number of rotatable bonds is 26. The van der Waals surface area contributed by atoms with Crippen molar-refractivity contribution < 1.29 is 219 Å². The number of carboxylic acid groups (broad SMARTS) is 2. The van der Waals surface area contributed by atoms with Gasteiger partial charge in [-0.3, -0.25) is 0 Å². The summed E-state index contributed by atoms with van der Waals surface area (Å²) >= 11 is 0. The molecule has 8 rings (SSSR count). The third-order valence-electron chi connectivity index (χ3n) is 14.3. The van der Waals surface area contributed by atoms with E-state index in [1.807, 2.05) is 121 Å². The zero-order valence-corrected chi connectivity index (χ0v) is 64.2. The molecule has 4 amide bonds. The van der Waals surface area contributed by atoms with Gasteiger partial charge in [0.1, 0.15) is 23.0 Å². The van der Waals surface area contributed by atoms with Crippen molar-refractivity contribution in [3.05, 3.63) is 179 Å². The summed E-state index contributed by atoms with van der Waals surface area (Å²) in [5, 5.41) is 16.7. The molecule has 2 heterocycles. The average Bonchev–Trinajstić information content (AvgIpc) is 1.51. The predicted molar refractivity (Wildman–Crippen MR) is 311 cm³/mol. The Morgan fingerprint density at radius 3 is 1.12 bits per heavy atom. The smallest absolute Gasteiger partial charge is 0.652 e. The van der Waals surface area contributed by atoms with Crippen LogP contribution in [0.25, 0.3) is 0 Å². The number of para-hydroxylation sites is 2. The quantitative estimate of drug-likeness (QED) is 0.0713. The van der Waals surface area contributed by atoms with E-state index in [1.165, 1.54) is 24.3 Å². The van der Waals surface area contributed by atoms with Gasteiger partial charge in [0.05, 0.1) is 52.7 Å². The Morgan fingerprint density at radius 1 is 0.511 bits per heavy atom. The Labute approximate surface area is 631 Å². The molecule has 19 nitrogen and oxygen atoms in total. The van der Waals surface area contributed by atoms with E-state index >= 15 is 0 Å². The van der Waals surface area contributed by atoms with Crippen LogP contribution in [-0.2, 0) is 45.0 Å². The fourth-order valence-corrected chi connectivity index (χ4v) is 9.62. The van der Waals surface area contributed by atoms with Crippen molar-refractivity contribution in [1.82, 2.24) is 19.6 Å². The summed E-state index contributed by atoms with van der Waals surface area (Å²) in [6.45, 7) is 10.2. The molecule has 6 aromatic rings. The number of carbonyl (C=O) groups excluding carboxylic acids is 5. The zero-order valence-electron chi connectivity index (χ0n) is 51.7. The van der Waals surface area contributed by atoms with Crippen molar-refractivity contribution in [2.75, 3.05) is 67.8 Å². The normalized spacial score (nSPS) is 15.5. The molecule has 0 aliphatic carbocycles. The van der Waals surface area contributed by atoms with E-state index in [9.17, 15) is 28.0 Å². The Balaban J connectivity index is 0.000000347. The van der Waals surface area contributed by atoms with Gasteiger partial charge in [-0.25, -0.2) is 28.0 Å². The molecule has 2 fully saturated rings. The first-order valence-electron chi connectivity index (χ1n) is 28.0. The van der Waals surface area contributed by atoms with E-state index in [1.54, 1.807) is 76.0 Å². The van der Waals surface area contributed by atoms with Crippen LogP contribution in [0.2, 0.25) is 0 Å². The SMILES string of the molecule is CCOC(=O)C(C)(Cc1ccc(OCCC2CN(Cc3ccc(OC)cc3)C(=O)N2C)cc1)Oc1ccccc1F.CCOC(=O)C(C)(Cc1ccc(OCCC2CN(Cc3ccc(OC)cc3)C(=O)N2C)cc1)Oc1ccccc1F.O=C([O-])[O-].[Cs+].[Cs+]. The fourth-order valence-electron chi connectivity index (χ4n) is 9.62. The third-order valence-corrected chi connectivity index (χ3v) is 14.3. The summed E-state index contributed by atoms with van der Waals surface area (Å²) in [4.78, 5) is 66.7. The van der Waals surface area contributed by atoms with Gasteiger partial charge in [0.25, 0.3) is 0 Å². The number of ether oxygens (including phenoxy) is 8. The zero-order chi connectivity index (χ0) is 62.4. The van der Waals surface area contributed by atoms with Crippen molar-refractivity contribution >= 4 is 30.2 Å². The largest absolute Gasteiger partial charge is 1.00 e. The van der Waals surface area contributed by atoms with Gasteiger partial charge >= 0.3 is 162 Å². The topological polar surface area (TPSA) is 218 Å². The van der Waals surface area contributed by atoms with Crippen molar-refractivity contribution in [2.24, 2.45) is 0 Å². The number of benzene rings is 6. The number of amides is 4. The minimum Gasteiger partial charge on any atom is -0.652 e. The Morgan fingerprint density at radius 2 is 0.818 bits per heavy atom. The number of likely N-dealkylation sites (N-methyl/N-ethyl adjacent to an activating group) is 2. The summed E-state index contributed by atoms with van der Waals surface area (Å²) in [5.41, 5.74) is 0.861. The minimum absolute atomic E-state index is 0. The number of carbonyl (C=O) groups is 5. The standard InChI is InChI=1S/2C32H37FN2O6.CH2O3.2Cs/c2*1-5-39-30(36)32(2,41-29-9-7-6-8-28(29)33)20-23-10-16-27(17-11-23)40-19-18-25-22-35(31(37)34(25)3)21-24-12-14-26(38-4)15-13-24;2-1(3)4;;/h2*6-17,25H,5,18-22H2,1-4H3;(H2,2,3,4);;/q;;;2*+1/p-2. The van der Waals surface area contributed by atoms with Crippen molar-refractivity contribution in [3.63, 3.8) is 0 Å². The number of hydrogen-bond acceptors (Lipinski definition) is 15. The monoisotopic (exact) mass is 1450 g/mol. The molecule has 2 aliphatic rings. The molecule has 2 saturated heterocycles. The first kappa shape index (κ1) is 75.3. The summed E-state index contributed by atoms with van der Waals surface area (Å²) in [6, 6.07) is 42.1. The van der Waals surface area contributed by atoms with Gasteiger partial charge in [-0.2, -0.15) is 0 Å². The maximum atomic E-state index is 14.3. The van der Waals surface area contributed by atoms with Crippen LogP contribution in [0.15, 0.2) is 146 Å². The molecule has 460 valence electrons. The van der Waals surface area contributed by atoms with Crippen molar-refractivity contribution in [3.8, 4) is 34.5 Å². The molecule has 0 bridgehead atoms. The molecule has 0 aromatic heterocycles. The Hall–Kier alpha value is -5.17. The molecule has 0 N–H and O–H groups in total. The summed E-state index contributed by atoms with van der Waals surface area (Å²) in [7, 11) is 6.89. The number of methoxy groups -OCH3 is 2. The van der Waals surface area contributed by atoms with Gasteiger partial charge in [0.2, 0.25) is 11.2 Å². The van der Waals surface area contributed by atoms with E-state index in [0.29, 0.717) is 63.7 Å². The van der Waals surface area contributed by atoms with E-state index < -0.39 is 40.9 Å². The van der Waals surface area contributed by atoms with Gasteiger partial charge in [-0.1, -0.05) is 72.8 Å². The fraction of sp³-hybridized carbons (Fsp3) is 0.369. The first-order valence-corrected chi connectivity index (χ1v) is 28.0. The van der Waals surface area contributed by atoms with E-state index in [4.69, 9.17) is 52.9 Å². The molecule has 4 unspecified atom stereocenters. The van der Waals surface area contributed by atoms with Crippen molar-refractivity contribution in [2.45, 2.75) is 89.8 Å². The Kier molecular flexibility index (Phi) is 31.9.